The number of primary amides is 1. The average molecular weight is 641 g/mol. The van der Waals surface area contributed by atoms with Crippen LogP contribution in [-0.4, -0.2) is 70.4 Å². The Hall–Kier alpha value is -4.24. The molecule has 0 saturated carbocycles. The van der Waals surface area contributed by atoms with E-state index in [0.717, 1.165) is 21.9 Å². The fourth-order valence-electron chi connectivity index (χ4n) is 6.44. The Morgan fingerprint density at radius 1 is 0.978 bits per heavy atom. The number of hydrogen-bond acceptors (Lipinski definition) is 5. The first-order chi connectivity index (χ1) is 22.3. The molecule has 1 saturated heterocycles. The maximum absolute atomic E-state index is 14.6. The summed E-state index contributed by atoms with van der Waals surface area (Å²) in [5.41, 5.74) is 8.58. The molecule has 0 spiro atoms. The van der Waals surface area contributed by atoms with Gasteiger partial charge in [0.15, 0.2) is 0 Å². The van der Waals surface area contributed by atoms with Gasteiger partial charge in [-0.15, -0.1) is 0 Å². The summed E-state index contributed by atoms with van der Waals surface area (Å²) < 4.78 is 0. The second-order valence-corrected chi connectivity index (χ2v) is 12.4. The van der Waals surface area contributed by atoms with E-state index in [2.05, 4.69) is 5.32 Å². The van der Waals surface area contributed by atoms with Gasteiger partial charge in [-0.3, -0.25) is 14.4 Å². The lowest BCUT2D eigenvalue weighted by Crippen LogP contribution is -2.52. The van der Waals surface area contributed by atoms with Gasteiger partial charge < -0.3 is 26.0 Å². The maximum Gasteiger partial charge on any atom is 0.250 e. The van der Waals surface area contributed by atoms with Gasteiger partial charge in [-0.25, -0.2) is 0 Å². The highest BCUT2D eigenvalue weighted by atomic mass is 35.5. The van der Waals surface area contributed by atoms with Crippen LogP contribution >= 0.6 is 11.6 Å². The topological polar surface area (TPSA) is 116 Å². The van der Waals surface area contributed by atoms with Crippen LogP contribution in [0.5, 0.6) is 0 Å². The third kappa shape index (κ3) is 7.76. The Morgan fingerprint density at radius 3 is 2.43 bits per heavy atom. The molecule has 4 atom stereocenters. The molecule has 8 nitrogen and oxygen atoms in total. The number of fused-ring (bicyclic) bond motifs is 1. The molecule has 0 aliphatic carbocycles. The number of nitrogens with two attached hydrogens (primary N) is 1. The maximum atomic E-state index is 14.6. The Balaban J connectivity index is 1.40. The fourth-order valence-corrected chi connectivity index (χ4v) is 6.64. The van der Waals surface area contributed by atoms with Gasteiger partial charge in [0.1, 0.15) is 12.1 Å². The number of nitrogens with zero attached hydrogens (tertiary/aromatic N) is 2. The smallest absolute Gasteiger partial charge is 0.250 e. The number of carbonyl (C=O) groups is 3. The number of aliphatic hydroxyl groups excluding tert-OH is 1. The molecule has 3 unspecified atom stereocenters. The van der Waals surface area contributed by atoms with E-state index in [4.69, 9.17) is 17.3 Å². The summed E-state index contributed by atoms with van der Waals surface area (Å²) in [6.07, 6.45) is 1.46. The van der Waals surface area contributed by atoms with Gasteiger partial charge in [0.25, 0.3) is 5.91 Å². The van der Waals surface area contributed by atoms with E-state index in [9.17, 15) is 19.5 Å². The van der Waals surface area contributed by atoms with Gasteiger partial charge in [-0.2, -0.15) is 0 Å². The largest absolute Gasteiger partial charge is 0.395 e. The fraction of sp³-hybridized carbons (Fsp3) is 0.324. The van der Waals surface area contributed by atoms with Gasteiger partial charge in [0.05, 0.1) is 6.61 Å². The molecule has 5 rings (SSSR count). The summed E-state index contributed by atoms with van der Waals surface area (Å²) in [7, 11) is 0. The Labute approximate surface area is 275 Å². The molecule has 46 heavy (non-hydrogen) atoms. The number of carbonyl (C=O) groups excluding carboxylic acids is 3. The lowest BCUT2D eigenvalue weighted by atomic mass is 9.96. The minimum absolute atomic E-state index is 0.0764. The molecule has 0 bridgehead atoms. The molecule has 3 amide bonds. The molecule has 1 fully saturated rings. The van der Waals surface area contributed by atoms with Crippen LogP contribution in [0.2, 0.25) is 5.02 Å². The van der Waals surface area contributed by atoms with E-state index in [1.165, 1.54) is 0 Å². The summed E-state index contributed by atoms with van der Waals surface area (Å²) in [4.78, 5) is 44.8. The molecule has 240 valence electrons. The van der Waals surface area contributed by atoms with Crippen molar-refractivity contribution < 1.29 is 19.5 Å². The summed E-state index contributed by atoms with van der Waals surface area (Å²) in [5.74, 6) is -1.17. The molecule has 1 aliphatic rings. The Kier molecular flexibility index (Phi) is 11.1. The van der Waals surface area contributed by atoms with Gasteiger partial charge in [0.2, 0.25) is 11.8 Å². The SMILES string of the molecule is CC1CCN(C(Cc2cccc3ccccc23)C(N)=O)C(=O)C(c2cccc(Cl)c2)N1C(=O)CCN[C@H](CO)Cc1ccccc1. The summed E-state index contributed by atoms with van der Waals surface area (Å²) in [5, 5.41) is 15.7. The van der Waals surface area contributed by atoms with E-state index in [1.807, 2.05) is 79.7 Å². The quantitative estimate of drug-likeness (QED) is 0.208. The zero-order valence-corrected chi connectivity index (χ0v) is 26.8. The predicted octanol–water partition coefficient (Wildman–Crippen LogP) is 4.66. The number of amides is 3. The molecule has 4 aromatic rings. The van der Waals surface area contributed by atoms with Crippen LogP contribution in [0.25, 0.3) is 10.8 Å². The number of nitrogens with one attached hydrogen (secondary N) is 1. The zero-order valence-electron chi connectivity index (χ0n) is 26.0. The first-order valence-electron chi connectivity index (χ1n) is 15.8. The molecule has 9 heteroatoms. The van der Waals surface area contributed by atoms with Gasteiger partial charge in [0, 0.05) is 43.0 Å². The number of benzene rings is 4. The molecule has 1 aliphatic heterocycles. The molecule has 1 heterocycles. The standard InChI is InChI=1S/C37H41ClN4O4/c1-25-18-20-41(33(36(39)45)23-28-13-7-12-27-11-5-6-16-32(27)28)37(46)35(29-14-8-15-30(38)22-29)42(25)34(44)17-19-40-31(24-43)21-26-9-3-2-4-10-26/h2-16,22,25,31,33,35,40,43H,17-21,23-24H2,1H3,(H2,39,45)/t25?,31-,33?,35?/m0/s1. The van der Waals surface area contributed by atoms with E-state index in [-0.39, 0.29) is 49.9 Å². The highest BCUT2D eigenvalue weighted by Gasteiger charge is 2.43. The van der Waals surface area contributed by atoms with Crippen molar-refractivity contribution >= 4 is 40.1 Å². The van der Waals surface area contributed by atoms with Crippen LogP contribution in [-0.2, 0) is 27.2 Å². The van der Waals surface area contributed by atoms with Crippen molar-refractivity contribution in [1.82, 2.24) is 15.1 Å². The van der Waals surface area contributed by atoms with E-state index in [1.54, 1.807) is 34.1 Å². The van der Waals surface area contributed by atoms with Crippen LogP contribution in [0.4, 0.5) is 0 Å². The number of aliphatic hydroxyl groups is 1. The van der Waals surface area contributed by atoms with E-state index >= 15 is 0 Å². The zero-order chi connectivity index (χ0) is 32.6. The minimum Gasteiger partial charge on any atom is -0.395 e. The molecule has 0 radical (unpaired) electrons. The number of hydrogen-bond donors (Lipinski definition) is 3. The van der Waals surface area contributed by atoms with Crippen molar-refractivity contribution in [3.8, 4) is 0 Å². The highest BCUT2D eigenvalue weighted by molar-refractivity contribution is 6.30. The van der Waals surface area contributed by atoms with E-state index in [0.29, 0.717) is 30.0 Å². The van der Waals surface area contributed by atoms with Crippen molar-refractivity contribution in [3.05, 3.63) is 119 Å². The van der Waals surface area contributed by atoms with Crippen LogP contribution in [0.15, 0.2) is 97.1 Å². The molecular weight excluding hydrogens is 600 g/mol. The summed E-state index contributed by atoms with van der Waals surface area (Å²) >= 11 is 6.39. The third-order valence-electron chi connectivity index (χ3n) is 8.83. The molecular formula is C37H41ClN4O4. The lowest BCUT2D eigenvalue weighted by Gasteiger charge is -2.36. The average Bonchev–Trinajstić information content (AvgIpc) is 3.18. The van der Waals surface area contributed by atoms with Crippen molar-refractivity contribution in [2.75, 3.05) is 19.7 Å². The summed E-state index contributed by atoms with van der Waals surface area (Å²) in [6, 6.07) is 28.2. The van der Waals surface area contributed by atoms with Gasteiger partial charge >= 0.3 is 0 Å². The minimum atomic E-state index is -0.990. The first kappa shape index (κ1) is 33.1. The van der Waals surface area contributed by atoms with Crippen molar-refractivity contribution in [1.29, 1.82) is 0 Å². The second-order valence-electron chi connectivity index (χ2n) is 12.0. The van der Waals surface area contributed by atoms with Crippen LogP contribution in [0.1, 0.15) is 42.5 Å². The van der Waals surface area contributed by atoms with Gasteiger partial charge in [-0.05, 0) is 59.4 Å². The van der Waals surface area contributed by atoms with Crippen molar-refractivity contribution in [2.45, 2.75) is 56.8 Å². The Bertz CT molecular complexity index is 1660. The molecule has 0 aromatic heterocycles. The van der Waals surface area contributed by atoms with Gasteiger partial charge in [-0.1, -0.05) is 96.5 Å². The van der Waals surface area contributed by atoms with Crippen LogP contribution in [0.3, 0.4) is 0 Å². The van der Waals surface area contributed by atoms with Crippen LogP contribution < -0.4 is 11.1 Å². The lowest BCUT2D eigenvalue weighted by molar-refractivity contribution is -0.148. The third-order valence-corrected chi connectivity index (χ3v) is 9.06. The predicted molar refractivity (Wildman–Crippen MR) is 181 cm³/mol. The first-order valence-corrected chi connectivity index (χ1v) is 16.2. The van der Waals surface area contributed by atoms with E-state index < -0.39 is 18.0 Å². The Morgan fingerprint density at radius 2 is 1.70 bits per heavy atom. The van der Waals surface area contributed by atoms with Crippen molar-refractivity contribution in [3.63, 3.8) is 0 Å². The molecule has 4 N–H and O–H groups in total. The number of halogens is 1. The molecule has 4 aromatic carbocycles. The number of rotatable bonds is 12. The van der Waals surface area contributed by atoms with Crippen molar-refractivity contribution in [2.24, 2.45) is 5.73 Å². The normalized spacial score (nSPS) is 18.3. The highest BCUT2D eigenvalue weighted by Crippen LogP contribution is 2.33. The van der Waals surface area contributed by atoms with Crippen LogP contribution in [0, 0.1) is 0 Å². The summed E-state index contributed by atoms with van der Waals surface area (Å²) in [6.45, 7) is 2.44. The second kappa shape index (κ2) is 15.4. The monoisotopic (exact) mass is 640 g/mol.